The van der Waals surface area contributed by atoms with Crippen molar-refractivity contribution in [2.45, 2.75) is 6.92 Å². The number of aromatic nitrogens is 2. The number of anilines is 1. The van der Waals surface area contributed by atoms with Crippen LogP contribution in [-0.2, 0) is 0 Å². The summed E-state index contributed by atoms with van der Waals surface area (Å²) in [5.41, 5.74) is 0.644. The number of hydrogen-bond acceptors (Lipinski definition) is 4. The Morgan fingerprint density at radius 1 is 1.21 bits per heavy atom. The van der Waals surface area contributed by atoms with E-state index in [1.165, 1.54) is 12.1 Å². The van der Waals surface area contributed by atoms with Gasteiger partial charge in [0.2, 0.25) is 17.6 Å². The third kappa shape index (κ3) is 3.17. The smallest absolute Gasteiger partial charge is 0.225 e. The molecule has 1 heterocycles. The molecule has 7 heteroatoms. The second-order valence-electron chi connectivity index (χ2n) is 3.72. The summed E-state index contributed by atoms with van der Waals surface area (Å²) in [6.45, 7) is 1.74. The van der Waals surface area contributed by atoms with Crippen LogP contribution in [0.1, 0.15) is 5.69 Å². The average Bonchev–Trinajstić information content (AvgIpc) is 2.34. The van der Waals surface area contributed by atoms with Gasteiger partial charge in [-0.3, -0.25) is 0 Å². The molecule has 1 aromatic carbocycles. The molecule has 0 aliphatic heterocycles. The van der Waals surface area contributed by atoms with Crippen LogP contribution < -0.4 is 10.1 Å². The van der Waals surface area contributed by atoms with Crippen molar-refractivity contribution in [3.05, 3.63) is 40.0 Å². The minimum absolute atomic E-state index is 0.133. The van der Waals surface area contributed by atoms with Crippen molar-refractivity contribution < 1.29 is 13.5 Å². The van der Waals surface area contributed by atoms with E-state index in [0.717, 1.165) is 6.07 Å². The highest BCUT2D eigenvalue weighted by atomic mass is 79.9. The van der Waals surface area contributed by atoms with E-state index < -0.39 is 11.6 Å². The normalized spacial score (nSPS) is 10.4. The molecule has 0 aliphatic carbocycles. The highest BCUT2D eigenvalue weighted by Gasteiger charge is 2.13. The van der Waals surface area contributed by atoms with Crippen LogP contribution in [0.3, 0.4) is 0 Å². The summed E-state index contributed by atoms with van der Waals surface area (Å²) in [6, 6.07) is 3.88. The Morgan fingerprint density at radius 2 is 1.95 bits per heavy atom. The van der Waals surface area contributed by atoms with Gasteiger partial charge in [-0.1, -0.05) is 15.9 Å². The Balaban J connectivity index is 2.38. The van der Waals surface area contributed by atoms with E-state index >= 15 is 0 Å². The molecule has 1 N–H and O–H groups in total. The molecule has 0 amide bonds. The molecule has 0 saturated carbocycles. The molecule has 0 atom stereocenters. The number of hydrogen-bond donors (Lipinski definition) is 1. The Labute approximate surface area is 117 Å². The van der Waals surface area contributed by atoms with Crippen molar-refractivity contribution in [1.29, 1.82) is 0 Å². The molecule has 0 bridgehead atoms. The molecule has 4 nitrogen and oxygen atoms in total. The van der Waals surface area contributed by atoms with E-state index in [1.807, 2.05) is 0 Å². The highest BCUT2D eigenvalue weighted by molar-refractivity contribution is 9.10. The molecule has 2 rings (SSSR count). The van der Waals surface area contributed by atoms with Gasteiger partial charge >= 0.3 is 0 Å². The van der Waals surface area contributed by atoms with Gasteiger partial charge in [0, 0.05) is 23.3 Å². The van der Waals surface area contributed by atoms with Crippen LogP contribution in [0.25, 0.3) is 0 Å². The largest absolute Gasteiger partial charge is 0.436 e. The van der Waals surface area contributed by atoms with Crippen molar-refractivity contribution in [2.24, 2.45) is 0 Å². The third-order valence-electron chi connectivity index (χ3n) is 2.23. The molecule has 100 valence electrons. The van der Waals surface area contributed by atoms with Gasteiger partial charge in [0.25, 0.3) is 0 Å². The summed E-state index contributed by atoms with van der Waals surface area (Å²) in [5, 5.41) is 2.75. The van der Waals surface area contributed by atoms with Gasteiger partial charge in [0.15, 0.2) is 11.6 Å². The molecule has 1 aromatic heterocycles. The summed E-state index contributed by atoms with van der Waals surface area (Å²) < 4.78 is 32.4. The molecule has 0 radical (unpaired) electrons. The van der Waals surface area contributed by atoms with Crippen LogP contribution >= 0.6 is 15.9 Å². The zero-order chi connectivity index (χ0) is 14.0. The lowest BCUT2D eigenvalue weighted by molar-refractivity contribution is 0.404. The lowest BCUT2D eigenvalue weighted by Crippen LogP contribution is -2.00. The molecule has 0 saturated heterocycles. The average molecular weight is 330 g/mol. The first-order chi connectivity index (χ1) is 8.99. The Morgan fingerprint density at radius 3 is 2.63 bits per heavy atom. The topological polar surface area (TPSA) is 47.0 Å². The Kier molecular flexibility index (Phi) is 3.94. The van der Waals surface area contributed by atoms with Gasteiger partial charge < -0.3 is 10.1 Å². The zero-order valence-corrected chi connectivity index (χ0v) is 11.8. The van der Waals surface area contributed by atoms with Gasteiger partial charge in [-0.15, -0.1) is 0 Å². The number of ether oxygens (including phenoxy) is 1. The fraction of sp³-hybridized carbons (Fsp3) is 0.167. The summed E-state index contributed by atoms with van der Waals surface area (Å²) in [7, 11) is 1.65. The predicted octanol–water partition coefficient (Wildman–Crippen LogP) is 3.66. The van der Waals surface area contributed by atoms with Crippen LogP contribution in [0.2, 0.25) is 0 Å². The maximum Gasteiger partial charge on any atom is 0.225 e. The quantitative estimate of drug-likeness (QED) is 0.873. The fourth-order valence-electron chi connectivity index (χ4n) is 1.42. The molecule has 2 aromatic rings. The van der Waals surface area contributed by atoms with Crippen LogP contribution in [0, 0.1) is 18.6 Å². The van der Waals surface area contributed by atoms with Gasteiger partial charge in [0.1, 0.15) is 0 Å². The Bertz CT molecular complexity index is 622. The minimum Gasteiger partial charge on any atom is -0.436 e. The molecular weight excluding hydrogens is 320 g/mol. The first-order valence-corrected chi connectivity index (χ1v) is 6.14. The standard InChI is InChI=1S/C12H10BrF2N3O/c1-6-3-10(18-12(16-2)17-6)19-9-5-7(13)4-8(14)11(9)15/h3-5H,1-2H3,(H,16,17,18). The van der Waals surface area contributed by atoms with Gasteiger partial charge in [0.05, 0.1) is 0 Å². The molecular formula is C12H10BrF2N3O. The predicted molar refractivity (Wildman–Crippen MR) is 70.4 cm³/mol. The highest BCUT2D eigenvalue weighted by Crippen LogP contribution is 2.29. The van der Waals surface area contributed by atoms with E-state index in [-0.39, 0.29) is 11.6 Å². The second kappa shape index (κ2) is 5.48. The third-order valence-corrected chi connectivity index (χ3v) is 2.69. The van der Waals surface area contributed by atoms with Crippen LogP contribution in [0.4, 0.5) is 14.7 Å². The van der Waals surface area contributed by atoms with E-state index in [0.29, 0.717) is 16.1 Å². The molecule has 19 heavy (non-hydrogen) atoms. The fourth-order valence-corrected chi connectivity index (χ4v) is 1.83. The summed E-state index contributed by atoms with van der Waals surface area (Å²) in [6.07, 6.45) is 0. The van der Waals surface area contributed by atoms with E-state index in [1.54, 1.807) is 14.0 Å². The van der Waals surface area contributed by atoms with Crippen molar-refractivity contribution in [3.8, 4) is 11.6 Å². The van der Waals surface area contributed by atoms with Crippen molar-refractivity contribution in [2.75, 3.05) is 12.4 Å². The number of rotatable bonds is 3. The van der Waals surface area contributed by atoms with E-state index in [4.69, 9.17) is 4.74 Å². The number of nitrogens with zero attached hydrogens (tertiary/aromatic N) is 2. The van der Waals surface area contributed by atoms with Gasteiger partial charge in [-0.2, -0.15) is 9.37 Å². The molecule has 0 aliphatic rings. The lowest BCUT2D eigenvalue weighted by atomic mass is 10.3. The minimum atomic E-state index is -1.06. The maximum absolute atomic E-state index is 13.6. The second-order valence-corrected chi connectivity index (χ2v) is 4.64. The van der Waals surface area contributed by atoms with Gasteiger partial charge in [-0.25, -0.2) is 9.37 Å². The van der Waals surface area contributed by atoms with Crippen molar-refractivity contribution in [1.82, 2.24) is 9.97 Å². The number of benzene rings is 1. The van der Waals surface area contributed by atoms with Crippen LogP contribution in [0.5, 0.6) is 11.6 Å². The monoisotopic (exact) mass is 329 g/mol. The Hall–Kier alpha value is -1.76. The summed E-state index contributed by atoms with van der Waals surface area (Å²) in [4.78, 5) is 8.07. The maximum atomic E-state index is 13.6. The summed E-state index contributed by atoms with van der Waals surface area (Å²) in [5.74, 6) is -1.83. The van der Waals surface area contributed by atoms with E-state index in [9.17, 15) is 8.78 Å². The number of nitrogens with one attached hydrogen (secondary N) is 1. The lowest BCUT2D eigenvalue weighted by Gasteiger charge is -2.09. The zero-order valence-electron chi connectivity index (χ0n) is 10.2. The molecule has 0 unspecified atom stereocenters. The summed E-state index contributed by atoms with van der Waals surface area (Å²) >= 11 is 3.07. The first-order valence-electron chi connectivity index (χ1n) is 5.35. The number of halogens is 3. The number of aryl methyl sites for hydroxylation is 1. The van der Waals surface area contributed by atoms with Crippen molar-refractivity contribution >= 4 is 21.9 Å². The van der Waals surface area contributed by atoms with E-state index in [2.05, 4.69) is 31.2 Å². The van der Waals surface area contributed by atoms with Crippen molar-refractivity contribution in [3.63, 3.8) is 0 Å². The first kappa shape index (κ1) is 13.7. The van der Waals surface area contributed by atoms with Gasteiger partial charge in [-0.05, 0) is 19.1 Å². The molecule has 0 fully saturated rings. The molecule has 0 spiro atoms. The van der Waals surface area contributed by atoms with Crippen LogP contribution in [-0.4, -0.2) is 17.0 Å². The SMILES string of the molecule is CNc1nc(C)cc(Oc2cc(Br)cc(F)c2F)n1. The van der Waals surface area contributed by atoms with Crippen LogP contribution in [0.15, 0.2) is 22.7 Å².